The molecule has 0 fully saturated rings. The van der Waals surface area contributed by atoms with Gasteiger partial charge in [-0.3, -0.25) is 0 Å². The maximum Gasteiger partial charge on any atom is 0.142 e. The van der Waals surface area contributed by atoms with E-state index >= 15 is 0 Å². The fourth-order valence-corrected chi connectivity index (χ4v) is 1.73. The van der Waals surface area contributed by atoms with Gasteiger partial charge in [-0.05, 0) is 17.5 Å². The van der Waals surface area contributed by atoms with E-state index in [2.05, 4.69) is 11.9 Å². The van der Waals surface area contributed by atoms with E-state index in [0.717, 1.165) is 12.0 Å². The number of aromatic nitrogens is 2. The van der Waals surface area contributed by atoms with Gasteiger partial charge >= 0.3 is 0 Å². The smallest absolute Gasteiger partial charge is 0.142 e. The first-order valence-electron chi connectivity index (χ1n) is 5.46. The van der Waals surface area contributed by atoms with E-state index in [0.29, 0.717) is 5.82 Å². The van der Waals surface area contributed by atoms with Crippen molar-refractivity contribution >= 4 is 0 Å². The molecule has 0 aliphatic heterocycles. The third kappa shape index (κ3) is 1.99. The predicted molar refractivity (Wildman–Crippen MR) is 63.1 cm³/mol. The van der Waals surface area contributed by atoms with Gasteiger partial charge in [0.2, 0.25) is 0 Å². The summed E-state index contributed by atoms with van der Waals surface area (Å²) in [6.45, 7) is 2.12. The highest BCUT2D eigenvalue weighted by Gasteiger charge is 2.14. The number of aliphatic hydroxyl groups is 1. The zero-order valence-corrected chi connectivity index (χ0v) is 9.59. The Labute approximate surface area is 95.4 Å². The molecule has 0 saturated carbocycles. The van der Waals surface area contributed by atoms with E-state index in [1.807, 2.05) is 42.1 Å². The van der Waals surface area contributed by atoms with Crippen molar-refractivity contribution in [3.8, 4) is 0 Å². The highest BCUT2D eigenvalue weighted by atomic mass is 16.3. The number of nitrogens with zero attached hydrogens (tertiary/aromatic N) is 2. The number of rotatable bonds is 3. The monoisotopic (exact) mass is 216 g/mol. The van der Waals surface area contributed by atoms with Gasteiger partial charge in [0.15, 0.2) is 0 Å². The van der Waals surface area contributed by atoms with E-state index < -0.39 is 6.10 Å². The van der Waals surface area contributed by atoms with Crippen LogP contribution in [0.3, 0.4) is 0 Å². The molecule has 1 atom stereocenters. The number of aliphatic hydroxyl groups excluding tert-OH is 1. The summed E-state index contributed by atoms with van der Waals surface area (Å²) < 4.78 is 1.83. The zero-order valence-electron chi connectivity index (χ0n) is 9.59. The van der Waals surface area contributed by atoms with E-state index in [4.69, 9.17) is 0 Å². The maximum absolute atomic E-state index is 10.1. The van der Waals surface area contributed by atoms with Crippen LogP contribution in [0.5, 0.6) is 0 Å². The molecule has 3 nitrogen and oxygen atoms in total. The lowest BCUT2D eigenvalue weighted by atomic mass is 10.1. The topological polar surface area (TPSA) is 38.1 Å². The summed E-state index contributed by atoms with van der Waals surface area (Å²) in [7, 11) is 1.88. The average molecular weight is 216 g/mol. The SMILES string of the molecule is CCc1ccc(C(O)c2nccn2C)cc1. The minimum absolute atomic E-state index is 0.647. The van der Waals surface area contributed by atoms with Crippen LogP contribution in [-0.2, 0) is 13.5 Å². The molecule has 84 valence electrons. The lowest BCUT2D eigenvalue weighted by Crippen LogP contribution is -2.06. The Hall–Kier alpha value is -1.61. The molecule has 0 radical (unpaired) electrons. The van der Waals surface area contributed by atoms with Crippen LogP contribution >= 0.6 is 0 Å². The third-order valence-electron chi connectivity index (χ3n) is 2.81. The molecule has 1 N–H and O–H groups in total. The zero-order chi connectivity index (χ0) is 11.5. The van der Waals surface area contributed by atoms with Crippen molar-refractivity contribution in [2.24, 2.45) is 7.05 Å². The third-order valence-corrected chi connectivity index (χ3v) is 2.81. The van der Waals surface area contributed by atoms with Crippen LogP contribution in [0.25, 0.3) is 0 Å². The van der Waals surface area contributed by atoms with Gasteiger partial charge in [0.1, 0.15) is 11.9 Å². The molecule has 16 heavy (non-hydrogen) atoms. The van der Waals surface area contributed by atoms with Crippen LogP contribution in [0.2, 0.25) is 0 Å². The van der Waals surface area contributed by atoms with Crippen molar-refractivity contribution in [1.82, 2.24) is 9.55 Å². The Morgan fingerprint density at radius 3 is 2.50 bits per heavy atom. The normalized spacial score (nSPS) is 12.7. The summed E-state index contributed by atoms with van der Waals surface area (Å²) >= 11 is 0. The number of aryl methyl sites for hydroxylation is 2. The van der Waals surface area contributed by atoms with Crippen molar-refractivity contribution in [3.05, 3.63) is 53.6 Å². The molecule has 1 aromatic carbocycles. The van der Waals surface area contributed by atoms with Gasteiger partial charge in [0, 0.05) is 19.4 Å². The van der Waals surface area contributed by atoms with Gasteiger partial charge in [-0.15, -0.1) is 0 Å². The van der Waals surface area contributed by atoms with Crippen LogP contribution in [-0.4, -0.2) is 14.7 Å². The summed E-state index contributed by atoms with van der Waals surface area (Å²) in [5, 5.41) is 10.1. The van der Waals surface area contributed by atoms with Gasteiger partial charge in [-0.1, -0.05) is 31.2 Å². The van der Waals surface area contributed by atoms with Gasteiger partial charge in [-0.25, -0.2) is 4.98 Å². The van der Waals surface area contributed by atoms with Gasteiger partial charge < -0.3 is 9.67 Å². The molecule has 2 aromatic rings. The van der Waals surface area contributed by atoms with Crippen molar-refractivity contribution in [3.63, 3.8) is 0 Å². The first-order chi connectivity index (χ1) is 7.72. The molecule has 3 heteroatoms. The second kappa shape index (κ2) is 4.49. The number of hydrogen-bond acceptors (Lipinski definition) is 2. The van der Waals surface area contributed by atoms with Crippen LogP contribution < -0.4 is 0 Å². The minimum atomic E-state index is -0.647. The number of imidazole rings is 1. The molecule has 0 aliphatic rings. The molecular formula is C13H16N2O. The molecule has 0 bridgehead atoms. The van der Waals surface area contributed by atoms with Crippen LogP contribution in [0.1, 0.15) is 30.0 Å². The summed E-state index contributed by atoms with van der Waals surface area (Å²) in [6, 6.07) is 8.00. The number of benzene rings is 1. The van der Waals surface area contributed by atoms with E-state index in [9.17, 15) is 5.11 Å². The lowest BCUT2D eigenvalue weighted by molar-refractivity contribution is 0.206. The highest BCUT2D eigenvalue weighted by molar-refractivity contribution is 5.27. The molecule has 2 rings (SSSR count). The average Bonchev–Trinajstić information content (AvgIpc) is 2.75. The summed E-state index contributed by atoms with van der Waals surface area (Å²) in [6.07, 6.45) is 3.89. The summed E-state index contributed by atoms with van der Waals surface area (Å²) in [4.78, 5) is 4.15. The molecule has 0 amide bonds. The molecule has 1 heterocycles. The van der Waals surface area contributed by atoms with Crippen molar-refractivity contribution < 1.29 is 5.11 Å². The molecule has 0 saturated heterocycles. The highest BCUT2D eigenvalue weighted by Crippen LogP contribution is 2.20. The second-order valence-corrected chi connectivity index (χ2v) is 3.89. The first kappa shape index (κ1) is 10.9. The summed E-state index contributed by atoms with van der Waals surface area (Å²) in [5.74, 6) is 0.671. The van der Waals surface area contributed by atoms with Gasteiger partial charge in [0.25, 0.3) is 0 Å². The second-order valence-electron chi connectivity index (χ2n) is 3.89. The Bertz CT molecular complexity index is 459. The molecule has 1 unspecified atom stereocenters. The van der Waals surface area contributed by atoms with E-state index in [-0.39, 0.29) is 0 Å². The lowest BCUT2D eigenvalue weighted by Gasteiger charge is -2.11. The van der Waals surface area contributed by atoms with Crippen molar-refractivity contribution in [2.75, 3.05) is 0 Å². The van der Waals surface area contributed by atoms with Crippen molar-refractivity contribution in [2.45, 2.75) is 19.4 Å². The fourth-order valence-electron chi connectivity index (χ4n) is 1.73. The van der Waals surface area contributed by atoms with Gasteiger partial charge in [0.05, 0.1) is 0 Å². The van der Waals surface area contributed by atoms with Crippen LogP contribution in [0.15, 0.2) is 36.7 Å². The Kier molecular flexibility index (Phi) is 3.06. The quantitative estimate of drug-likeness (QED) is 0.852. The summed E-state index contributed by atoms with van der Waals surface area (Å²) in [5.41, 5.74) is 2.15. The van der Waals surface area contributed by atoms with Crippen LogP contribution in [0.4, 0.5) is 0 Å². The van der Waals surface area contributed by atoms with E-state index in [1.165, 1.54) is 5.56 Å². The van der Waals surface area contributed by atoms with Crippen LogP contribution in [0, 0.1) is 0 Å². The molecule has 1 aromatic heterocycles. The first-order valence-corrected chi connectivity index (χ1v) is 5.46. The Morgan fingerprint density at radius 2 is 2.00 bits per heavy atom. The van der Waals surface area contributed by atoms with E-state index in [1.54, 1.807) is 6.20 Å². The fraction of sp³-hybridized carbons (Fsp3) is 0.308. The Morgan fingerprint density at radius 1 is 1.31 bits per heavy atom. The molecular weight excluding hydrogens is 200 g/mol. The van der Waals surface area contributed by atoms with Gasteiger partial charge in [-0.2, -0.15) is 0 Å². The molecule has 0 spiro atoms. The minimum Gasteiger partial charge on any atom is -0.380 e. The van der Waals surface area contributed by atoms with Crippen molar-refractivity contribution in [1.29, 1.82) is 0 Å². The Balaban J connectivity index is 2.27. The molecule has 0 aliphatic carbocycles. The maximum atomic E-state index is 10.1. The largest absolute Gasteiger partial charge is 0.380 e. The predicted octanol–water partition coefficient (Wildman–Crippen LogP) is 2.06. The number of hydrogen-bond donors (Lipinski definition) is 1. The standard InChI is InChI=1S/C13H16N2O/c1-3-10-4-6-11(7-5-10)12(16)13-14-8-9-15(13)2/h4-9,12,16H,3H2,1-2H3.